The second-order valence-electron chi connectivity index (χ2n) is 2.06. The van der Waals surface area contributed by atoms with Gasteiger partial charge in [0.1, 0.15) is 0 Å². The van der Waals surface area contributed by atoms with E-state index >= 15 is 0 Å². The average molecular weight is 284 g/mol. The molecule has 0 amide bonds. The van der Waals surface area contributed by atoms with E-state index in [9.17, 15) is 0 Å². The van der Waals surface area contributed by atoms with Gasteiger partial charge in [0.15, 0.2) is 0 Å². The number of hydrogen-bond acceptors (Lipinski definition) is 1. The SMILES string of the molecule is ClC(Cl)(Cl)COCCCCBr. The van der Waals surface area contributed by atoms with Crippen LogP contribution in [0, 0.1) is 0 Å². The normalized spacial score (nSPS) is 12.0. The lowest BCUT2D eigenvalue weighted by molar-refractivity contribution is 0.136. The molecule has 5 heteroatoms. The van der Waals surface area contributed by atoms with Crippen LogP contribution in [0.5, 0.6) is 0 Å². The van der Waals surface area contributed by atoms with E-state index in [1.807, 2.05) is 0 Å². The summed E-state index contributed by atoms with van der Waals surface area (Å²) in [6.45, 7) is 0.819. The maximum Gasteiger partial charge on any atom is 0.213 e. The van der Waals surface area contributed by atoms with E-state index in [2.05, 4.69) is 15.9 Å². The van der Waals surface area contributed by atoms with Gasteiger partial charge in [-0.15, -0.1) is 0 Å². The molecule has 0 fully saturated rings. The van der Waals surface area contributed by atoms with Crippen LogP contribution in [0.3, 0.4) is 0 Å². The smallest absolute Gasteiger partial charge is 0.213 e. The van der Waals surface area contributed by atoms with Crippen molar-refractivity contribution in [1.29, 1.82) is 0 Å². The van der Waals surface area contributed by atoms with Gasteiger partial charge in [-0.3, -0.25) is 0 Å². The molecule has 0 bridgehead atoms. The summed E-state index contributed by atoms with van der Waals surface area (Å²) < 4.78 is 3.81. The molecule has 0 aliphatic carbocycles. The van der Waals surface area contributed by atoms with Gasteiger partial charge in [-0.25, -0.2) is 0 Å². The highest BCUT2D eigenvalue weighted by atomic mass is 79.9. The fraction of sp³-hybridized carbons (Fsp3) is 1.00. The zero-order chi connectivity index (χ0) is 8.74. The first-order chi connectivity index (χ1) is 5.06. The van der Waals surface area contributed by atoms with Gasteiger partial charge in [-0.1, -0.05) is 50.7 Å². The molecule has 0 N–H and O–H groups in total. The summed E-state index contributed by atoms with van der Waals surface area (Å²) >= 11 is 19.6. The fourth-order valence-corrected chi connectivity index (χ4v) is 1.11. The van der Waals surface area contributed by atoms with Crippen LogP contribution < -0.4 is 0 Å². The molecule has 11 heavy (non-hydrogen) atoms. The number of unbranched alkanes of at least 4 members (excludes halogenated alkanes) is 1. The lowest BCUT2D eigenvalue weighted by Gasteiger charge is -2.10. The largest absolute Gasteiger partial charge is 0.377 e. The van der Waals surface area contributed by atoms with Gasteiger partial charge < -0.3 is 4.74 Å². The van der Waals surface area contributed by atoms with Gasteiger partial charge in [0.2, 0.25) is 3.79 Å². The molecule has 0 saturated carbocycles. The van der Waals surface area contributed by atoms with E-state index in [0.717, 1.165) is 18.2 Å². The van der Waals surface area contributed by atoms with Crippen LogP contribution in [-0.2, 0) is 4.74 Å². The molecular formula is C6H10BrCl3O. The Bertz CT molecular complexity index is 94.3. The molecular weight excluding hydrogens is 274 g/mol. The Morgan fingerprint density at radius 1 is 1.18 bits per heavy atom. The van der Waals surface area contributed by atoms with Gasteiger partial charge in [-0.2, -0.15) is 0 Å². The lowest BCUT2D eigenvalue weighted by atomic mass is 10.4. The number of alkyl halides is 4. The highest BCUT2D eigenvalue weighted by Crippen LogP contribution is 2.25. The maximum absolute atomic E-state index is 5.44. The van der Waals surface area contributed by atoms with Crippen molar-refractivity contribution in [1.82, 2.24) is 0 Å². The Hall–Kier alpha value is 1.31. The van der Waals surface area contributed by atoms with Gasteiger partial charge >= 0.3 is 0 Å². The van der Waals surface area contributed by atoms with Crippen molar-refractivity contribution in [3.05, 3.63) is 0 Å². The van der Waals surface area contributed by atoms with Gasteiger partial charge in [-0.05, 0) is 12.8 Å². The predicted molar refractivity (Wildman–Crippen MR) is 54.1 cm³/mol. The molecule has 0 heterocycles. The minimum Gasteiger partial charge on any atom is -0.377 e. The van der Waals surface area contributed by atoms with Crippen LogP contribution >= 0.6 is 50.7 Å². The van der Waals surface area contributed by atoms with Crippen LogP contribution in [0.25, 0.3) is 0 Å². The van der Waals surface area contributed by atoms with Crippen molar-refractivity contribution in [2.45, 2.75) is 16.6 Å². The molecule has 0 aliphatic rings. The average Bonchev–Trinajstić information content (AvgIpc) is 1.85. The minimum atomic E-state index is -1.27. The highest BCUT2D eigenvalue weighted by Gasteiger charge is 2.18. The molecule has 0 saturated heterocycles. The summed E-state index contributed by atoms with van der Waals surface area (Å²) in [7, 11) is 0. The van der Waals surface area contributed by atoms with Crippen LogP contribution in [0.4, 0.5) is 0 Å². The Labute approximate surface area is 90.5 Å². The molecule has 0 aromatic rings. The number of hydrogen-bond donors (Lipinski definition) is 0. The molecule has 0 spiro atoms. The Morgan fingerprint density at radius 2 is 1.82 bits per heavy atom. The predicted octanol–water partition coefficient (Wildman–Crippen LogP) is 3.55. The van der Waals surface area contributed by atoms with Crippen LogP contribution in [-0.4, -0.2) is 22.3 Å². The fourth-order valence-electron chi connectivity index (χ4n) is 0.487. The first-order valence-electron chi connectivity index (χ1n) is 3.27. The molecule has 0 rings (SSSR count). The summed E-state index contributed by atoms with van der Waals surface area (Å²) in [5.41, 5.74) is 0. The third-order valence-corrected chi connectivity index (χ3v) is 1.83. The molecule has 0 atom stereocenters. The van der Waals surface area contributed by atoms with Crippen LogP contribution in [0.2, 0.25) is 0 Å². The zero-order valence-electron chi connectivity index (χ0n) is 5.96. The first kappa shape index (κ1) is 12.3. The topological polar surface area (TPSA) is 9.23 Å². The van der Waals surface area contributed by atoms with Crippen LogP contribution in [0.1, 0.15) is 12.8 Å². The third-order valence-electron chi connectivity index (χ3n) is 0.938. The molecule has 1 nitrogen and oxygen atoms in total. The van der Waals surface area contributed by atoms with Crippen molar-refractivity contribution in [3.8, 4) is 0 Å². The summed E-state index contributed by atoms with van der Waals surface area (Å²) in [6, 6.07) is 0. The van der Waals surface area contributed by atoms with Crippen molar-refractivity contribution in [2.24, 2.45) is 0 Å². The van der Waals surface area contributed by atoms with Crippen molar-refractivity contribution in [3.63, 3.8) is 0 Å². The first-order valence-corrected chi connectivity index (χ1v) is 5.52. The summed E-state index contributed by atoms with van der Waals surface area (Å²) in [6.07, 6.45) is 2.08. The molecule has 68 valence electrons. The molecule has 0 unspecified atom stereocenters. The molecule has 0 aromatic carbocycles. The van der Waals surface area contributed by atoms with E-state index in [1.54, 1.807) is 0 Å². The van der Waals surface area contributed by atoms with Gasteiger partial charge in [0, 0.05) is 11.9 Å². The Kier molecular flexibility index (Phi) is 7.59. The third kappa shape index (κ3) is 11.3. The Morgan fingerprint density at radius 3 is 2.27 bits per heavy atom. The summed E-state index contributed by atoms with van der Waals surface area (Å²) in [5, 5.41) is 0.990. The zero-order valence-corrected chi connectivity index (χ0v) is 9.81. The minimum absolute atomic E-state index is 0.167. The number of rotatable bonds is 5. The maximum atomic E-state index is 5.44. The van der Waals surface area contributed by atoms with Crippen molar-refractivity contribution < 1.29 is 4.74 Å². The second kappa shape index (κ2) is 6.79. The van der Waals surface area contributed by atoms with Crippen molar-refractivity contribution >= 4 is 50.7 Å². The Balaban J connectivity index is 3.02. The monoisotopic (exact) mass is 282 g/mol. The summed E-state index contributed by atoms with van der Waals surface area (Å²) in [4.78, 5) is 0. The molecule has 0 radical (unpaired) electrons. The van der Waals surface area contributed by atoms with E-state index < -0.39 is 3.79 Å². The number of halogens is 4. The van der Waals surface area contributed by atoms with Gasteiger partial charge in [0.25, 0.3) is 0 Å². The lowest BCUT2D eigenvalue weighted by Crippen LogP contribution is -2.13. The van der Waals surface area contributed by atoms with Crippen molar-refractivity contribution in [2.75, 3.05) is 18.5 Å². The second-order valence-corrected chi connectivity index (χ2v) is 5.37. The van der Waals surface area contributed by atoms with E-state index in [-0.39, 0.29) is 6.61 Å². The van der Waals surface area contributed by atoms with Gasteiger partial charge in [0.05, 0.1) is 6.61 Å². The standard InChI is InChI=1S/C6H10BrCl3O/c7-3-1-2-4-11-5-6(8,9)10/h1-5H2. The highest BCUT2D eigenvalue weighted by molar-refractivity contribution is 9.09. The number of ether oxygens (including phenoxy) is 1. The molecule has 0 aromatic heterocycles. The van der Waals surface area contributed by atoms with Crippen LogP contribution in [0.15, 0.2) is 0 Å². The quantitative estimate of drug-likeness (QED) is 0.554. The summed E-state index contributed by atoms with van der Waals surface area (Å²) in [5.74, 6) is 0. The van der Waals surface area contributed by atoms with E-state index in [0.29, 0.717) is 6.61 Å². The van der Waals surface area contributed by atoms with E-state index in [1.165, 1.54) is 0 Å². The van der Waals surface area contributed by atoms with E-state index in [4.69, 9.17) is 39.5 Å². The molecule has 0 aliphatic heterocycles.